The molecule has 3 saturated heterocycles. The van der Waals surface area contributed by atoms with Crippen LogP contribution in [-0.2, 0) is 9.53 Å². The minimum absolute atomic E-state index is 0.0971. The Morgan fingerprint density at radius 1 is 0.929 bits per heavy atom. The lowest BCUT2D eigenvalue weighted by molar-refractivity contribution is -0.141. The van der Waals surface area contributed by atoms with Crippen LogP contribution in [0.1, 0.15) is 36.0 Å². The van der Waals surface area contributed by atoms with Gasteiger partial charge in [0.25, 0.3) is 5.91 Å². The molecule has 4 heterocycles. The molecule has 0 aromatic carbocycles. The maximum Gasteiger partial charge on any atom is 0.253 e. The van der Waals surface area contributed by atoms with Crippen LogP contribution in [-0.4, -0.2) is 90.0 Å². The predicted octanol–water partition coefficient (Wildman–Crippen LogP) is 1.26. The van der Waals surface area contributed by atoms with E-state index in [0.29, 0.717) is 30.7 Å². The second-order valence-corrected chi connectivity index (χ2v) is 8.03. The first-order valence-electron chi connectivity index (χ1n) is 10.5. The van der Waals surface area contributed by atoms with Gasteiger partial charge in [-0.25, -0.2) is 0 Å². The Bertz CT molecular complexity index is 669. The molecule has 0 bridgehead atoms. The maximum atomic E-state index is 12.9. The molecule has 3 fully saturated rings. The van der Waals surface area contributed by atoms with Crippen molar-refractivity contribution in [3.05, 3.63) is 30.1 Å². The molecule has 2 amide bonds. The minimum Gasteiger partial charge on any atom is -0.378 e. The van der Waals surface area contributed by atoms with Gasteiger partial charge in [0, 0.05) is 56.7 Å². The van der Waals surface area contributed by atoms with Gasteiger partial charge in [-0.3, -0.25) is 19.5 Å². The molecule has 0 aliphatic carbocycles. The normalized spacial score (nSPS) is 24.9. The third-order valence-corrected chi connectivity index (χ3v) is 6.32. The van der Waals surface area contributed by atoms with Gasteiger partial charge in [-0.05, 0) is 44.4 Å². The van der Waals surface area contributed by atoms with E-state index in [4.69, 9.17) is 4.74 Å². The first-order valence-corrected chi connectivity index (χ1v) is 10.5. The largest absolute Gasteiger partial charge is 0.378 e. The standard InChI is InChI=1S/C21H30N4O3/c26-20(17-3-7-22-8-4-17)23-10-5-19(6-11-23)25-9-1-2-18(16-25)21(27)24-12-14-28-15-13-24/h3-4,7-8,18-19H,1-2,5-6,9-16H2/t18-/m0/s1. The zero-order valence-electron chi connectivity index (χ0n) is 16.5. The number of nitrogens with zero attached hydrogens (tertiary/aromatic N) is 4. The Hall–Kier alpha value is -1.99. The number of morpholine rings is 1. The van der Waals surface area contributed by atoms with E-state index < -0.39 is 0 Å². The SMILES string of the molecule is O=C(c1ccncc1)N1CCC(N2CCC[C@H](C(=O)N3CCOCC3)C2)CC1. The topological polar surface area (TPSA) is 66.0 Å². The lowest BCUT2D eigenvalue weighted by Crippen LogP contribution is -2.53. The van der Waals surface area contributed by atoms with Crippen LogP contribution in [0.4, 0.5) is 0 Å². The van der Waals surface area contributed by atoms with Gasteiger partial charge in [0.1, 0.15) is 0 Å². The van der Waals surface area contributed by atoms with Gasteiger partial charge in [0.2, 0.25) is 5.91 Å². The smallest absolute Gasteiger partial charge is 0.253 e. The second kappa shape index (κ2) is 9.01. The monoisotopic (exact) mass is 386 g/mol. The fourth-order valence-electron chi connectivity index (χ4n) is 4.69. The lowest BCUT2D eigenvalue weighted by atomic mass is 9.92. The highest BCUT2D eigenvalue weighted by atomic mass is 16.5. The summed E-state index contributed by atoms with van der Waals surface area (Å²) in [4.78, 5) is 35.9. The molecular formula is C21H30N4O3. The van der Waals surface area contributed by atoms with E-state index in [1.807, 2.05) is 9.80 Å². The first kappa shape index (κ1) is 19.3. The van der Waals surface area contributed by atoms with Crippen molar-refractivity contribution in [2.45, 2.75) is 31.7 Å². The van der Waals surface area contributed by atoms with Crippen molar-refractivity contribution in [2.24, 2.45) is 5.92 Å². The highest BCUT2D eigenvalue weighted by Crippen LogP contribution is 2.26. The molecular weight excluding hydrogens is 356 g/mol. The van der Waals surface area contributed by atoms with Crippen molar-refractivity contribution in [1.29, 1.82) is 0 Å². The van der Waals surface area contributed by atoms with Gasteiger partial charge in [-0.1, -0.05) is 0 Å². The molecule has 0 unspecified atom stereocenters. The Morgan fingerprint density at radius 3 is 2.36 bits per heavy atom. The summed E-state index contributed by atoms with van der Waals surface area (Å²) >= 11 is 0. The van der Waals surface area contributed by atoms with E-state index in [-0.39, 0.29) is 11.8 Å². The average Bonchev–Trinajstić information content (AvgIpc) is 2.79. The molecule has 3 aliphatic rings. The number of amides is 2. The molecule has 0 spiro atoms. The molecule has 1 aromatic heterocycles. The number of hydrogen-bond donors (Lipinski definition) is 0. The van der Waals surface area contributed by atoms with E-state index in [1.165, 1.54) is 0 Å². The highest BCUT2D eigenvalue weighted by Gasteiger charge is 2.34. The summed E-state index contributed by atoms with van der Waals surface area (Å²) in [5, 5.41) is 0. The number of carbonyl (C=O) groups is 2. The van der Waals surface area contributed by atoms with Crippen LogP contribution in [0.3, 0.4) is 0 Å². The van der Waals surface area contributed by atoms with Gasteiger partial charge in [-0.2, -0.15) is 0 Å². The zero-order chi connectivity index (χ0) is 19.3. The molecule has 0 saturated carbocycles. The molecule has 7 nitrogen and oxygen atoms in total. The number of hydrogen-bond acceptors (Lipinski definition) is 5. The van der Waals surface area contributed by atoms with E-state index >= 15 is 0 Å². The Balaban J connectivity index is 1.29. The number of aromatic nitrogens is 1. The van der Waals surface area contributed by atoms with Crippen molar-refractivity contribution in [1.82, 2.24) is 19.7 Å². The Kier molecular flexibility index (Phi) is 6.22. The highest BCUT2D eigenvalue weighted by molar-refractivity contribution is 5.94. The summed E-state index contributed by atoms with van der Waals surface area (Å²) in [6, 6.07) is 4.03. The molecule has 1 aromatic rings. The molecule has 0 N–H and O–H groups in total. The van der Waals surface area contributed by atoms with Crippen molar-refractivity contribution in [2.75, 3.05) is 52.5 Å². The molecule has 0 radical (unpaired) electrons. The third kappa shape index (κ3) is 4.36. The van der Waals surface area contributed by atoms with Gasteiger partial charge in [0.05, 0.1) is 19.1 Å². The van der Waals surface area contributed by atoms with E-state index in [2.05, 4.69) is 9.88 Å². The van der Waals surface area contributed by atoms with Crippen LogP contribution in [0, 0.1) is 5.92 Å². The number of carbonyl (C=O) groups excluding carboxylic acids is 2. The van der Waals surface area contributed by atoms with Crippen LogP contribution >= 0.6 is 0 Å². The van der Waals surface area contributed by atoms with Crippen LogP contribution < -0.4 is 0 Å². The van der Waals surface area contributed by atoms with Gasteiger partial charge in [0.15, 0.2) is 0 Å². The van der Waals surface area contributed by atoms with Crippen LogP contribution in [0.5, 0.6) is 0 Å². The number of ether oxygens (including phenoxy) is 1. The number of pyridine rings is 1. The fraction of sp³-hybridized carbons (Fsp3) is 0.667. The number of rotatable bonds is 3. The Morgan fingerprint density at radius 2 is 1.64 bits per heavy atom. The summed E-state index contributed by atoms with van der Waals surface area (Å²) in [5.74, 6) is 0.515. The zero-order valence-corrected chi connectivity index (χ0v) is 16.5. The van der Waals surface area contributed by atoms with Crippen molar-refractivity contribution in [3.8, 4) is 0 Å². The summed E-state index contributed by atoms with van der Waals surface area (Å²) in [5.41, 5.74) is 0.711. The van der Waals surface area contributed by atoms with Gasteiger partial charge >= 0.3 is 0 Å². The summed E-state index contributed by atoms with van der Waals surface area (Å²) in [6.45, 7) is 6.26. The summed E-state index contributed by atoms with van der Waals surface area (Å²) in [7, 11) is 0. The molecule has 152 valence electrons. The average molecular weight is 386 g/mol. The van der Waals surface area contributed by atoms with Crippen molar-refractivity contribution < 1.29 is 14.3 Å². The molecule has 3 aliphatic heterocycles. The minimum atomic E-state index is 0.0971. The van der Waals surface area contributed by atoms with Gasteiger partial charge in [-0.15, -0.1) is 0 Å². The molecule has 4 rings (SSSR count). The quantitative estimate of drug-likeness (QED) is 0.782. The van der Waals surface area contributed by atoms with E-state index in [1.54, 1.807) is 24.5 Å². The van der Waals surface area contributed by atoms with Crippen molar-refractivity contribution in [3.63, 3.8) is 0 Å². The summed E-state index contributed by atoms with van der Waals surface area (Å²) < 4.78 is 5.37. The van der Waals surface area contributed by atoms with Crippen molar-refractivity contribution >= 4 is 11.8 Å². The summed E-state index contributed by atoms with van der Waals surface area (Å²) in [6.07, 6.45) is 7.37. The number of likely N-dealkylation sites (tertiary alicyclic amines) is 2. The number of piperidine rings is 2. The maximum absolute atomic E-state index is 12.9. The Labute approximate surface area is 166 Å². The molecule has 1 atom stereocenters. The van der Waals surface area contributed by atoms with Crippen LogP contribution in [0.15, 0.2) is 24.5 Å². The second-order valence-electron chi connectivity index (χ2n) is 8.03. The van der Waals surface area contributed by atoms with Crippen LogP contribution in [0.2, 0.25) is 0 Å². The lowest BCUT2D eigenvalue weighted by Gasteiger charge is -2.43. The first-order chi connectivity index (χ1) is 13.7. The fourth-order valence-corrected chi connectivity index (χ4v) is 4.69. The third-order valence-electron chi connectivity index (χ3n) is 6.32. The predicted molar refractivity (Wildman–Crippen MR) is 105 cm³/mol. The van der Waals surface area contributed by atoms with E-state index in [9.17, 15) is 9.59 Å². The van der Waals surface area contributed by atoms with Crippen LogP contribution in [0.25, 0.3) is 0 Å². The van der Waals surface area contributed by atoms with E-state index in [0.717, 1.165) is 65.0 Å². The van der Waals surface area contributed by atoms with Gasteiger partial charge < -0.3 is 14.5 Å². The molecule has 7 heteroatoms. The molecule has 28 heavy (non-hydrogen) atoms.